The maximum Gasteiger partial charge on any atom is 0.469 e. The maximum absolute atomic E-state index is 12.3. The lowest BCUT2D eigenvalue weighted by atomic mass is 10.0. The first-order valence-electron chi connectivity index (χ1n) is 19.0. The van der Waals surface area contributed by atoms with Crippen LogP contribution in [-0.2, 0) is 28.2 Å². The van der Waals surface area contributed by atoms with E-state index < -0.39 is 32.5 Å². The first-order valence-corrected chi connectivity index (χ1v) is 20.5. The number of esters is 2. The smallest absolute Gasteiger partial charge is 0.462 e. The summed E-state index contributed by atoms with van der Waals surface area (Å²) in [5.41, 5.74) is 0. The van der Waals surface area contributed by atoms with E-state index in [1.54, 1.807) is 0 Å². The molecule has 2 N–H and O–H groups in total. The van der Waals surface area contributed by atoms with Crippen LogP contribution in [0.5, 0.6) is 0 Å². The molecule has 46 heavy (non-hydrogen) atoms. The van der Waals surface area contributed by atoms with Gasteiger partial charge in [-0.05, 0) is 38.5 Å². The number of carbonyl (C=O) groups excluding carboxylic acids is 2. The van der Waals surface area contributed by atoms with Gasteiger partial charge >= 0.3 is 19.8 Å². The second-order valence-electron chi connectivity index (χ2n) is 12.9. The molecule has 0 radical (unpaired) electrons. The third-order valence-electron chi connectivity index (χ3n) is 8.28. The molecule has 0 amide bonds. The third-order valence-corrected chi connectivity index (χ3v) is 8.77. The molecule has 0 aromatic rings. The van der Waals surface area contributed by atoms with Gasteiger partial charge in [0, 0.05) is 12.8 Å². The fourth-order valence-corrected chi connectivity index (χ4v) is 5.79. The lowest BCUT2D eigenvalue weighted by molar-refractivity contribution is -0.161. The fourth-order valence-electron chi connectivity index (χ4n) is 5.43. The summed E-state index contributed by atoms with van der Waals surface area (Å²) < 4.78 is 26.3. The van der Waals surface area contributed by atoms with Crippen molar-refractivity contribution in [2.75, 3.05) is 13.2 Å². The largest absolute Gasteiger partial charge is 0.469 e. The minimum atomic E-state index is -4.74. The van der Waals surface area contributed by atoms with Crippen LogP contribution in [0.15, 0.2) is 12.2 Å². The number of rotatable bonds is 35. The van der Waals surface area contributed by atoms with E-state index in [2.05, 4.69) is 30.5 Å². The molecule has 0 aliphatic rings. The summed E-state index contributed by atoms with van der Waals surface area (Å²) in [7, 11) is -4.74. The summed E-state index contributed by atoms with van der Waals surface area (Å²) in [6.07, 6.45) is 35.0. The standard InChI is InChI=1S/C37H71O8P/c1-3-5-7-9-11-13-15-17-18-20-22-24-26-28-30-32-37(39)45-35(34-44-46(40,41)42)33-43-36(38)31-29-27-25-23-21-19-16-14-12-10-8-6-4-2/h17-18,35H,3-16,19-34H2,1-2H3,(H2,40,41,42)/b18-17+. The number of hydrogen-bond donors (Lipinski definition) is 2. The summed E-state index contributed by atoms with van der Waals surface area (Å²) in [6.45, 7) is 3.67. The summed E-state index contributed by atoms with van der Waals surface area (Å²) in [5, 5.41) is 0. The Hall–Kier alpha value is -1.21. The molecule has 0 saturated heterocycles. The van der Waals surface area contributed by atoms with E-state index in [4.69, 9.17) is 19.3 Å². The minimum Gasteiger partial charge on any atom is -0.462 e. The molecule has 0 aromatic heterocycles. The van der Waals surface area contributed by atoms with Crippen molar-refractivity contribution >= 4 is 19.8 Å². The van der Waals surface area contributed by atoms with Crippen LogP contribution in [-0.4, -0.2) is 41.0 Å². The predicted octanol–water partition coefficient (Wildman–Crippen LogP) is 11.1. The van der Waals surface area contributed by atoms with Gasteiger partial charge < -0.3 is 19.3 Å². The van der Waals surface area contributed by atoms with Crippen LogP contribution >= 0.6 is 7.82 Å². The molecular formula is C37H71O8P. The van der Waals surface area contributed by atoms with Gasteiger partial charge in [-0.2, -0.15) is 0 Å². The number of carbonyl (C=O) groups is 2. The predicted molar refractivity (Wildman–Crippen MR) is 189 cm³/mol. The zero-order valence-electron chi connectivity index (χ0n) is 29.7. The maximum atomic E-state index is 12.3. The van der Waals surface area contributed by atoms with Gasteiger partial charge in [-0.3, -0.25) is 14.1 Å². The van der Waals surface area contributed by atoms with Crippen molar-refractivity contribution in [3.8, 4) is 0 Å². The zero-order valence-corrected chi connectivity index (χ0v) is 30.6. The van der Waals surface area contributed by atoms with Crippen molar-refractivity contribution < 1.29 is 37.9 Å². The van der Waals surface area contributed by atoms with Crippen LogP contribution in [0.1, 0.15) is 194 Å². The summed E-state index contributed by atoms with van der Waals surface area (Å²) in [6, 6.07) is 0. The summed E-state index contributed by atoms with van der Waals surface area (Å²) >= 11 is 0. The molecule has 0 fully saturated rings. The molecule has 272 valence electrons. The molecule has 0 heterocycles. The second kappa shape index (κ2) is 33.7. The molecule has 0 aliphatic carbocycles. The molecule has 0 spiro atoms. The molecule has 0 saturated carbocycles. The lowest BCUT2D eigenvalue weighted by Gasteiger charge is -2.18. The fraction of sp³-hybridized carbons (Fsp3) is 0.892. The minimum absolute atomic E-state index is 0.206. The van der Waals surface area contributed by atoms with Crippen molar-refractivity contribution in [1.29, 1.82) is 0 Å². The van der Waals surface area contributed by atoms with Crippen LogP contribution < -0.4 is 0 Å². The van der Waals surface area contributed by atoms with E-state index in [0.29, 0.717) is 6.42 Å². The van der Waals surface area contributed by atoms with Crippen LogP contribution in [0.3, 0.4) is 0 Å². The van der Waals surface area contributed by atoms with Gasteiger partial charge in [0.2, 0.25) is 0 Å². The van der Waals surface area contributed by atoms with Crippen molar-refractivity contribution in [2.45, 2.75) is 200 Å². The summed E-state index contributed by atoms with van der Waals surface area (Å²) in [4.78, 5) is 42.7. The number of phosphoric acid groups is 1. The monoisotopic (exact) mass is 674 g/mol. The Labute approximate surface area is 282 Å². The van der Waals surface area contributed by atoms with E-state index in [0.717, 1.165) is 51.4 Å². The van der Waals surface area contributed by atoms with E-state index in [-0.39, 0.29) is 19.4 Å². The Bertz CT molecular complexity index is 766. The molecule has 9 heteroatoms. The first-order chi connectivity index (χ1) is 22.3. The highest BCUT2D eigenvalue weighted by Gasteiger charge is 2.22. The first kappa shape index (κ1) is 44.8. The number of allylic oxidation sites excluding steroid dienone is 2. The SMILES string of the molecule is CCCCCCCC/C=C/CCCCCCCC(=O)OC(COC(=O)CCCCCCCCCCCCCCC)COP(=O)(O)O. The van der Waals surface area contributed by atoms with Crippen LogP contribution in [0.4, 0.5) is 0 Å². The van der Waals surface area contributed by atoms with Crippen molar-refractivity contribution in [3.05, 3.63) is 12.2 Å². The Kier molecular flexibility index (Phi) is 32.8. The Morgan fingerprint density at radius 3 is 1.33 bits per heavy atom. The molecule has 1 unspecified atom stereocenters. The van der Waals surface area contributed by atoms with E-state index >= 15 is 0 Å². The average Bonchev–Trinajstić information content (AvgIpc) is 3.02. The van der Waals surface area contributed by atoms with Gasteiger partial charge in [-0.25, -0.2) is 4.57 Å². The summed E-state index contributed by atoms with van der Waals surface area (Å²) in [5.74, 6) is -0.887. The van der Waals surface area contributed by atoms with Gasteiger partial charge in [-0.15, -0.1) is 0 Å². The van der Waals surface area contributed by atoms with Crippen molar-refractivity contribution in [2.24, 2.45) is 0 Å². The Morgan fingerprint density at radius 1 is 0.543 bits per heavy atom. The lowest BCUT2D eigenvalue weighted by Crippen LogP contribution is -2.29. The topological polar surface area (TPSA) is 119 Å². The van der Waals surface area contributed by atoms with Gasteiger partial charge in [0.05, 0.1) is 6.61 Å². The van der Waals surface area contributed by atoms with Gasteiger partial charge in [0.25, 0.3) is 0 Å². The van der Waals surface area contributed by atoms with Crippen molar-refractivity contribution in [1.82, 2.24) is 0 Å². The highest BCUT2D eigenvalue weighted by atomic mass is 31.2. The average molecular weight is 675 g/mol. The van der Waals surface area contributed by atoms with Gasteiger partial charge in [-0.1, -0.05) is 154 Å². The van der Waals surface area contributed by atoms with Crippen LogP contribution in [0.2, 0.25) is 0 Å². The highest BCUT2D eigenvalue weighted by Crippen LogP contribution is 2.36. The Morgan fingerprint density at radius 2 is 0.913 bits per heavy atom. The normalized spacial score (nSPS) is 12.5. The van der Waals surface area contributed by atoms with E-state index in [9.17, 15) is 14.2 Å². The van der Waals surface area contributed by atoms with E-state index in [1.165, 1.54) is 109 Å². The molecule has 0 bridgehead atoms. The van der Waals surface area contributed by atoms with Crippen LogP contribution in [0, 0.1) is 0 Å². The number of phosphoric ester groups is 1. The van der Waals surface area contributed by atoms with Crippen molar-refractivity contribution in [3.63, 3.8) is 0 Å². The molecule has 0 aromatic carbocycles. The third kappa shape index (κ3) is 35.6. The number of hydrogen-bond acceptors (Lipinski definition) is 6. The van der Waals surface area contributed by atoms with E-state index in [1.807, 2.05) is 0 Å². The molecular weight excluding hydrogens is 603 g/mol. The second-order valence-corrected chi connectivity index (χ2v) is 14.1. The number of unbranched alkanes of at least 4 members (excludes halogenated alkanes) is 23. The number of ether oxygens (including phenoxy) is 2. The molecule has 0 aliphatic heterocycles. The molecule has 1 atom stereocenters. The zero-order chi connectivity index (χ0) is 34.0. The molecule has 8 nitrogen and oxygen atoms in total. The van der Waals surface area contributed by atoms with Crippen LogP contribution in [0.25, 0.3) is 0 Å². The highest BCUT2D eigenvalue weighted by molar-refractivity contribution is 7.46. The van der Waals surface area contributed by atoms with Gasteiger partial charge in [0.1, 0.15) is 6.61 Å². The molecule has 0 rings (SSSR count). The van der Waals surface area contributed by atoms with Gasteiger partial charge in [0.15, 0.2) is 6.10 Å². The Balaban J connectivity index is 3.96. The quantitative estimate of drug-likeness (QED) is 0.0295.